The lowest BCUT2D eigenvalue weighted by Gasteiger charge is -2.10. The Hall–Kier alpha value is -1.59. The van der Waals surface area contributed by atoms with Gasteiger partial charge in [0.05, 0.1) is 16.8 Å². The number of sulfone groups is 1. The molecule has 22 heavy (non-hydrogen) atoms. The largest absolute Gasteiger partial charge is 0.424 e. The van der Waals surface area contributed by atoms with E-state index in [-0.39, 0.29) is 18.8 Å². The van der Waals surface area contributed by atoms with Gasteiger partial charge in [-0.15, -0.1) is 0 Å². The Morgan fingerprint density at radius 1 is 1.14 bits per heavy atom. The second-order valence-electron chi connectivity index (χ2n) is 5.71. The first kappa shape index (κ1) is 15.3. The molecule has 0 fully saturated rings. The molecular weight excluding hydrogens is 295 g/mol. The van der Waals surface area contributed by atoms with Crippen LogP contribution in [0.3, 0.4) is 0 Å². The summed E-state index contributed by atoms with van der Waals surface area (Å²) in [6.45, 7) is 4.14. The van der Waals surface area contributed by atoms with Gasteiger partial charge in [0.1, 0.15) is 0 Å². The van der Waals surface area contributed by atoms with Crippen LogP contribution in [0.4, 0.5) is 0 Å². The maximum atomic E-state index is 12.5. The number of hydrogen-bond acceptors (Lipinski definition) is 3. The predicted molar refractivity (Wildman–Crippen MR) is 89.1 cm³/mol. The van der Waals surface area contributed by atoms with E-state index in [1.165, 1.54) is 5.56 Å². The van der Waals surface area contributed by atoms with Crippen molar-refractivity contribution in [1.29, 1.82) is 0 Å². The molecule has 0 aromatic heterocycles. The molecule has 2 aromatic rings. The monoisotopic (exact) mass is 314 g/mol. The quantitative estimate of drug-likeness (QED) is 0.815. The summed E-state index contributed by atoms with van der Waals surface area (Å²) in [4.78, 5) is 0.367. The molecule has 0 aliphatic carbocycles. The Morgan fingerprint density at radius 3 is 2.55 bits per heavy atom. The van der Waals surface area contributed by atoms with Crippen molar-refractivity contribution >= 4 is 22.2 Å². The maximum absolute atomic E-state index is 12.5. The van der Waals surface area contributed by atoms with Crippen LogP contribution in [-0.4, -0.2) is 15.3 Å². The van der Waals surface area contributed by atoms with Gasteiger partial charge in [0.2, 0.25) is 0 Å². The normalized spacial score (nSPS) is 17.5. The first-order valence-corrected chi connectivity index (χ1v) is 9.22. The fourth-order valence-electron chi connectivity index (χ4n) is 3.00. The molecular formula is C17H19BO3S. The molecule has 5 heteroatoms. The molecule has 0 N–H and O–H groups in total. The van der Waals surface area contributed by atoms with Crippen LogP contribution in [0.2, 0.25) is 6.82 Å². The average Bonchev–Trinajstić information content (AvgIpc) is 2.84. The number of rotatable bonds is 4. The van der Waals surface area contributed by atoms with Crippen LogP contribution in [0.25, 0.3) is 0 Å². The Bertz CT molecular complexity index is 772. The fraction of sp³-hybridized carbons (Fsp3) is 0.294. The molecule has 3 rings (SSSR count). The summed E-state index contributed by atoms with van der Waals surface area (Å²) in [5.74, 6) is 0.0216. The minimum absolute atomic E-state index is 0.0216. The fourth-order valence-corrected chi connectivity index (χ4v) is 4.36. The molecule has 0 unspecified atom stereocenters. The number of benzene rings is 2. The van der Waals surface area contributed by atoms with E-state index < -0.39 is 9.84 Å². The summed E-state index contributed by atoms with van der Waals surface area (Å²) < 4.78 is 30.8. The van der Waals surface area contributed by atoms with Crippen molar-refractivity contribution < 1.29 is 13.1 Å². The maximum Gasteiger partial charge on any atom is 0.324 e. The van der Waals surface area contributed by atoms with E-state index >= 15 is 0 Å². The summed E-state index contributed by atoms with van der Waals surface area (Å²) in [6, 6.07) is 14.5. The zero-order chi connectivity index (χ0) is 15.7. The van der Waals surface area contributed by atoms with Gasteiger partial charge in [0.25, 0.3) is 0 Å². The third-order valence-electron chi connectivity index (χ3n) is 4.13. The average molecular weight is 314 g/mol. The highest BCUT2D eigenvalue weighted by atomic mass is 32.2. The van der Waals surface area contributed by atoms with E-state index in [1.807, 2.05) is 31.1 Å². The van der Waals surface area contributed by atoms with Gasteiger partial charge in [0.15, 0.2) is 9.84 Å². The minimum atomic E-state index is -3.31. The lowest BCUT2D eigenvalue weighted by Crippen LogP contribution is -2.24. The molecule has 0 saturated carbocycles. The van der Waals surface area contributed by atoms with E-state index in [0.717, 1.165) is 17.4 Å². The van der Waals surface area contributed by atoms with E-state index in [9.17, 15) is 8.42 Å². The summed E-state index contributed by atoms with van der Waals surface area (Å²) in [5, 5.41) is 0. The van der Waals surface area contributed by atoms with E-state index in [0.29, 0.717) is 4.90 Å². The molecule has 0 amide bonds. The first-order chi connectivity index (χ1) is 10.5. The van der Waals surface area contributed by atoms with Crippen LogP contribution < -0.4 is 5.46 Å². The molecule has 1 heterocycles. The summed E-state index contributed by atoms with van der Waals surface area (Å²) >= 11 is 0. The van der Waals surface area contributed by atoms with Crippen molar-refractivity contribution in [1.82, 2.24) is 0 Å². The molecule has 1 atom stereocenters. The van der Waals surface area contributed by atoms with Gasteiger partial charge >= 0.3 is 6.92 Å². The van der Waals surface area contributed by atoms with Gasteiger partial charge in [0, 0.05) is 0 Å². The topological polar surface area (TPSA) is 43.4 Å². The third kappa shape index (κ3) is 2.83. The standard InChI is InChI=1S/C17H19BO3S/c1-3-17-15-10-9-13(11-16(15)18(2)21-17)12-22(19,20)14-7-5-4-6-8-14/h4-11,17H,3,12H2,1-2H3/t17-/m1/s1. The lowest BCUT2D eigenvalue weighted by atomic mass is 9.64. The van der Waals surface area contributed by atoms with E-state index in [2.05, 4.69) is 6.92 Å². The highest BCUT2D eigenvalue weighted by Gasteiger charge is 2.31. The Morgan fingerprint density at radius 2 is 1.86 bits per heavy atom. The molecule has 0 saturated heterocycles. The molecule has 2 aromatic carbocycles. The molecule has 1 aliphatic heterocycles. The van der Waals surface area contributed by atoms with Crippen molar-refractivity contribution in [3.63, 3.8) is 0 Å². The van der Waals surface area contributed by atoms with Gasteiger partial charge in [-0.2, -0.15) is 0 Å². The highest BCUT2D eigenvalue weighted by molar-refractivity contribution is 7.90. The van der Waals surface area contributed by atoms with Gasteiger partial charge in [-0.05, 0) is 35.1 Å². The number of hydrogen-bond donors (Lipinski definition) is 0. The molecule has 3 nitrogen and oxygen atoms in total. The minimum Gasteiger partial charge on any atom is -0.424 e. The predicted octanol–water partition coefficient (Wildman–Crippen LogP) is 2.97. The van der Waals surface area contributed by atoms with Crippen molar-refractivity contribution in [2.75, 3.05) is 0 Å². The highest BCUT2D eigenvalue weighted by Crippen LogP contribution is 2.28. The first-order valence-electron chi connectivity index (χ1n) is 7.57. The van der Waals surface area contributed by atoms with Crippen LogP contribution in [0, 0.1) is 0 Å². The third-order valence-corrected chi connectivity index (χ3v) is 5.84. The van der Waals surface area contributed by atoms with Crippen molar-refractivity contribution in [3.8, 4) is 0 Å². The van der Waals surface area contributed by atoms with Crippen molar-refractivity contribution in [2.24, 2.45) is 0 Å². The summed E-state index contributed by atoms with van der Waals surface area (Å²) in [5.41, 5.74) is 3.12. The van der Waals surface area contributed by atoms with E-state index in [4.69, 9.17) is 4.65 Å². The lowest BCUT2D eigenvalue weighted by molar-refractivity contribution is 0.221. The number of fused-ring (bicyclic) bond motifs is 1. The second-order valence-corrected chi connectivity index (χ2v) is 7.70. The van der Waals surface area contributed by atoms with Crippen LogP contribution >= 0.6 is 0 Å². The van der Waals surface area contributed by atoms with Crippen LogP contribution in [-0.2, 0) is 20.2 Å². The molecule has 1 aliphatic rings. The van der Waals surface area contributed by atoms with Gasteiger partial charge < -0.3 is 4.65 Å². The van der Waals surface area contributed by atoms with Crippen LogP contribution in [0.5, 0.6) is 0 Å². The van der Waals surface area contributed by atoms with Gasteiger partial charge in [-0.25, -0.2) is 8.42 Å². The van der Waals surface area contributed by atoms with Crippen LogP contribution in [0.15, 0.2) is 53.4 Å². The molecule has 0 spiro atoms. The zero-order valence-corrected chi connectivity index (χ0v) is 13.6. The Labute approximate surface area is 132 Å². The Kier molecular flexibility index (Phi) is 4.11. The molecule has 0 radical (unpaired) electrons. The van der Waals surface area contributed by atoms with Crippen LogP contribution in [0.1, 0.15) is 30.6 Å². The summed E-state index contributed by atoms with van der Waals surface area (Å²) in [6.07, 6.45) is 1.06. The molecule has 114 valence electrons. The molecule has 0 bridgehead atoms. The Balaban J connectivity index is 1.90. The second kappa shape index (κ2) is 5.90. The van der Waals surface area contributed by atoms with Crippen molar-refractivity contribution in [3.05, 3.63) is 59.7 Å². The SMILES string of the molecule is CC[C@H]1OB(C)c2cc(CS(=O)(=O)c3ccccc3)ccc21. The zero-order valence-electron chi connectivity index (χ0n) is 12.8. The van der Waals surface area contributed by atoms with Gasteiger partial charge in [-0.3, -0.25) is 0 Å². The van der Waals surface area contributed by atoms with Gasteiger partial charge in [-0.1, -0.05) is 50.1 Å². The summed E-state index contributed by atoms with van der Waals surface area (Å²) in [7, 11) is -3.31. The van der Waals surface area contributed by atoms with Crippen molar-refractivity contribution in [2.45, 2.75) is 36.9 Å². The van der Waals surface area contributed by atoms with E-state index in [1.54, 1.807) is 24.3 Å². The smallest absolute Gasteiger partial charge is 0.324 e.